The van der Waals surface area contributed by atoms with E-state index in [1.54, 1.807) is 0 Å². The molecular formula is C13H27N3O. The summed E-state index contributed by atoms with van der Waals surface area (Å²) in [6, 6.07) is -0.0595. The topological polar surface area (TPSA) is 58.4 Å². The molecule has 4 heteroatoms. The van der Waals surface area contributed by atoms with Crippen molar-refractivity contribution in [3.63, 3.8) is 0 Å². The highest BCUT2D eigenvalue weighted by atomic mass is 16.1. The fraction of sp³-hybridized carbons (Fsp3) is 0.923. The Labute approximate surface area is 105 Å². The average molecular weight is 241 g/mol. The number of hydrogen-bond acceptors (Lipinski definition) is 3. The summed E-state index contributed by atoms with van der Waals surface area (Å²) in [5.41, 5.74) is 5.77. The normalized spacial score (nSPS) is 23.7. The molecular weight excluding hydrogens is 214 g/mol. The largest absolute Gasteiger partial charge is 0.356 e. The lowest BCUT2D eigenvalue weighted by Gasteiger charge is -2.31. The van der Waals surface area contributed by atoms with E-state index in [4.69, 9.17) is 5.73 Å². The van der Waals surface area contributed by atoms with Crippen LogP contribution in [0.4, 0.5) is 0 Å². The molecule has 1 heterocycles. The van der Waals surface area contributed by atoms with Gasteiger partial charge in [-0.05, 0) is 38.3 Å². The van der Waals surface area contributed by atoms with E-state index in [2.05, 4.69) is 31.1 Å². The third-order valence-corrected chi connectivity index (χ3v) is 3.75. The van der Waals surface area contributed by atoms with Crippen LogP contribution in [-0.4, -0.2) is 43.5 Å². The number of carbonyl (C=O) groups is 1. The number of nitrogens with one attached hydrogen (secondary N) is 1. The van der Waals surface area contributed by atoms with Gasteiger partial charge in [-0.15, -0.1) is 0 Å². The van der Waals surface area contributed by atoms with Gasteiger partial charge < -0.3 is 16.0 Å². The molecule has 17 heavy (non-hydrogen) atoms. The van der Waals surface area contributed by atoms with Gasteiger partial charge in [-0.2, -0.15) is 0 Å². The van der Waals surface area contributed by atoms with Gasteiger partial charge in [-0.25, -0.2) is 0 Å². The van der Waals surface area contributed by atoms with Gasteiger partial charge in [0.2, 0.25) is 5.91 Å². The van der Waals surface area contributed by atoms with Gasteiger partial charge in [0.25, 0.3) is 0 Å². The fourth-order valence-corrected chi connectivity index (χ4v) is 2.41. The minimum absolute atomic E-state index is 0.0595. The molecule has 1 aliphatic heterocycles. The van der Waals surface area contributed by atoms with Gasteiger partial charge >= 0.3 is 0 Å². The Morgan fingerprint density at radius 3 is 2.71 bits per heavy atom. The standard InChI is InChI=1S/C13H27N3O/c1-10(14)7-12(17)15-9-13(2,3)11-5-6-16(4)8-11/h10-11H,5-9,14H2,1-4H3,(H,15,17). The van der Waals surface area contributed by atoms with Crippen LogP contribution >= 0.6 is 0 Å². The predicted octanol–water partition coefficient (Wildman–Crippen LogP) is 0.818. The Kier molecular flexibility index (Phi) is 4.95. The second-order valence-electron chi connectivity index (χ2n) is 6.19. The van der Waals surface area contributed by atoms with Crippen LogP contribution in [0.3, 0.4) is 0 Å². The molecule has 2 unspecified atom stereocenters. The lowest BCUT2D eigenvalue weighted by atomic mass is 9.78. The minimum Gasteiger partial charge on any atom is -0.356 e. The minimum atomic E-state index is -0.0595. The number of nitrogens with two attached hydrogens (primary N) is 1. The lowest BCUT2D eigenvalue weighted by Crippen LogP contribution is -2.40. The maximum atomic E-state index is 11.6. The Morgan fingerprint density at radius 1 is 1.59 bits per heavy atom. The van der Waals surface area contributed by atoms with Crippen molar-refractivity contribution in [1.82, 2.24) is 10.2 Å². The predicted molar refractivity (Wildman–Crippen MR) is 70.7 cm³/mol. The molecule has 0 radical (unpaired) electrons. The van der Waals surface area contributed by atoms with E-state index in [1.165, 1.54) is 13.0 Å². The fourth-order valence-electron chi connectivity index (χ4n) is 2.41. The first-order valence-electron chi connectivity index (χ1n) is 6.52. The molecule has 1 saturated heterocycles. The number of hydrogen-bond donors (Lipinski definition) is 2. The molecule has 1 aliphatic rings. The average Bonchev–Trinajstić information content (AvgIpc) is 2.62. The molecule has 4 nitrogen and oxygen atoms in total. The first kappa shape index (κ1) is 14.5. The van der Waals surface area contributed by atoms with Crippen molar-refractivity contribution in [2.75, 3.05) is 26.7 Å². The summed E-state index contributed by atoms with van der Waals surface area (Å²) in [5, 5.41) is 3.01. The van der Waals surface area contributed by atoms with Gasteiger partial charge in [0.15, 0.2) is 0 Å². The van der Waals surface area contributed by atoms with Gasteiger partial charge in [0.1, 0.15) is 0 Å². The first-order chi connectivity index (χ1) is 7.81. The van der Waals surface area contributed by atoms with E-state index in [0.29, 0.717) is 12.3 Å². The Balaban J connectivity index is 2.36. The van der Waals surface area contributed by atoms with Crippen LogP contribution < -0.4 is 11.1 Å². The molecule has 3 N–H and O–H groups in total. The van der Waals surface area contributed by atoms with Crippen molar-refractivity contribution >= 4 is 5.91 Å². The Bertz CT molecular complexity index is 263. The van der Waals surface area contributed by atoms with Crippen molar-refractivity contribution in [2.45, 2.75) is 39.7 Å². The third kappa shape index (κ3) is 4.64. The molecule has 0 spiro atoms. The zero-order valence-electron chi connectivity index (χ0n) is 11.6. The van der Waals surface area contributed by atoms with Crippen LogP contribution in [0.2, 0.25) is 0 Å². The monoisotopic (exact) mass is 241 g/mol. The van der Waals surface area contributed by atoms with E-state index in [1.807, 2.05) is 6.92 Å². The zero-order valence-corrected chi connectivity index (χ0v) is 11.6. The number of rotatable bonds is 5. The summed E-state index contributed by atoms with van der Waals surface area (Å²) in [4.78, 5) is 13.9. The molecule has 0 aliphatic carbocycles. The molecule has 1 amide bonds. The molecule has 1 fully saturated rings. The number of nitrogens with zero attached hydrogens (tertiary/aromatic N) is 1. The lowest BCUT2D eigenvalue weighted by molar-refractivity contribution is -0.121. The Hall–Kier alpha value is -0.610. The number of likely N-dealkylation sites (tertiary alicyclic amines) is 1. The van der Waals surface area contributed by atoms with Crippen molar-refractivity contribution < 1.29 is 4.79 Å². The maximum Gasteiger partial charge on any atom is 0.221 e. The summed E-state index contributed by atoms with van der Waals surface area (Å²) in [6.45, 7) is 9.39. The molecule has 2 atom stereocenters. The summed E-state index contributed by atoms with van der Waals surface area (Å²) in [7, 11) is 2.16. The van der Waals surface area contributed by atoms with Gasteiger partial charge in [0, 0.05) is 25.6 Å². The van der Waals surface area contributed by atoms with Crippen LogP contribution in [-0.2, 0) is 4.79 Å². The highest BCUT2D eigenvalue weighted by molar-refractivity contribution is 5.76. The number of amides is 1. The summed E-state index contributed by atoms with van der Waals surface area (Å²) >= 11 is 0. The zero-order chi connectivity index (χ0) is 13.1. The van der Waals surface area contributed by atoms with Crippen molar-refractivity contribution in [1.29, 1.82) is 0 Å². The Morgan fingerprint density at radius 2 is 2.24 bits per heavy atom. The van der Waals surface area contributed by atoms with Crippen LogP contribution in [0.15, 0.2) is 0 Å². The van der Waals surface area contributed by atoms with Crippen molar-refractivity contribution in [3.05, 3.63) is 0 Å². The van der Waals surface area contributed by atoms with E-state index in [0.717, 1.165) is 13.1 Å². The van der Waals surface area contributed by atoms with Gasteiger partial charge in [-0.1, -0.05) is 13.8 Å². The van der Waals surface area contributed by atoms with E-state index in [9.17, 15) is 4.79 Å². The highest BCUT2D eigenvalue weighted by Gasteiger charge is 2.34. The quantitative estimate of drug-likeness (QED) is 0.749. The first-order valence-corrected chi connectivity index (χ1v) is 6.52. The summed E-state index contributed by atoms with van der Waals surface area (Å²) in [5.74, 6) is 0.738. The van der Waals surface area contributed by atoms with E-state index >= 15 is 0 Å². The summed E-state index contributed by atoms with van der Waals surface area (Å²) < 4.78 is 0. The second kappa shape index (κ2) is 5.83. The highest BCUT2D eigenvalue weighted by Crippen LogP contribution is 2.33. The molecule has 0 saturated carbocycles. The van der Waals surface area contributed by atoms with Crippen LogP contribution in [0.1, 0.15) is 33.6 Å². The molecule has 0 bridgehead atoms. The third-order valence-electron chi connectivity index (χ3n) is 3.75. The van der Waals surface area contributed by atoms with Crippen LogP contribution in [0.5, 0.6) is 0 Å². The molecule has 0 aromatic heterocycles. The van der Waals surface area contributed by atoms with Gasteiger partial charge in [0.05, 0.1) is 0 Å². The summed E-state index contributed by atoms with van der Waals surface area (Å²) in [6.07, 6.45) is 1.65. The molecule has 100 valence electrons. The van der Waals surface area contributed by atoms with Crippen LogP contribution in [0, 0.1) is 11.3 Å². The molecule has 1 rings (SSSR count). The van der Waals surface area contributed by atoms with E-state index < -0.39 is 0 Å². The van der Waals surface area contributed by atoms with Crippen molar-refractivity contribution in [3.8, 4) is 0 Å². The van der Waals surface area contributed by atoms with Crippen molar-refractivity contribution in [2.24, 2.45) is 17.1 Å². The molecule has 0 aromatic rings. The second-order valence-corrected chi connectivity index (χ2v) is 6.19. The van der Waals surface area contributed by atoms with Gasteiger partial charge in [-0.3, -0.25) is 4.79 Å². The smallest absolute Gasteiger partial charge is 0.221 e. The molecule has 0 aromatic carbocycles. The number of carbonyl (C=O) groups excluding carboxylic acids is 1. The SMILES string of the molecule is CC(N)CC(=O)NCC(C)(C)C1CCN(C)C1. The maximum absolute atomic E-state index is 11.6. The van der Waals surface area contributed by atoms with Crippen LogP contribution in [0.25, 0.3) is 0 Å². The van der Waals surface area contributed by atoms with E-state index in [-0.39, 0.29) is 17.4 Å².